The van der Waals surface area contributed by atoms with E-state index in [4.69, 9.17) is 16.3 Å². The number of anilines is 1. The van der Waals surface area contributed by atoms with Crippen LogP contribution in [0, 0.1) is 0 Å². The van der Waals surface area contributed by atoms with Crippen molar-refractivity contribution in [1.82, 2.24) is 5.32 Å². The molecule has 1 fully saturated rings. The topological polar surface area (TPSA) is 58.6 Å². The SMILES string of the molecule is COC(=O)c1ccc(CCNC(=O)c2cc(Cl)ccc2N2CCCCCC2)cc1. The number of hydrogen-bond donors (Lipinski definition) is 1. The second kappa shape index (κ2) is 10.3. The fourth-order valence-corrected chi connectivity index (χ4v) is 3.79. The van der Waals surface area contributed by atoms with Crippen LogP contribution in [0.5, 0.6) is 0 Å². The first-order valence-electron chi connectivity index (χ1n) is 10.1. The van der Waals surface area contributed by atoms with Gasteiger partial charge in [-0.15, -0.1) is 0 Å². The molecule has 1 amide bonds. The first kappa shape index (κ1) is 21.2. The Balaban J connectivity index is 1.63. The Kier molecular flexibility index (Phi) is 7.53. The first-order valence-corrected chi connectivity index (χ1v) is 10.5. The molecule has 0 aromatic heterocycles. The molecule has 3 rings (SSSR count). The lowest BCUT2D eigenvalue weighted by molar-refractivity contribution is 0.0600. The van der Waals surface area contributed by atoms with Gasteiger partial charge >= 0.3 is 5.97 Å². The summed E-state index contributed by atoms with van der Waals surface area (Å²) >= 11 is 6.18. The molecule has 0 saturated carbocycles. The summed E-state index contributed by atoms with van der Waals surface area (Å²) in [4.78, 5) is 26.7. The van der Waals surface area contributed by atoms with E-state index in [9.17, 15) is 9.59 Å². The van der Waals surface area contributed by atoms with E-state index in [0.29, 0.717) is 29.1 Å². The number of nitrogens with zero attached hydrogens (tertiary/aromatic N) is 1. The Morgan fingerprint density at radius 3 is 2.38 bits per heavy atom. The van der Waals surface area contributed by atoms with Gasteiger partial charge in [-0.25, -0.2) is 4.79 Å². The van der Waals surface area contributed by atoms with Crippen molar-refractivity contribution in [1.29, 1.82) is 0 Å². The molecule has 0 radical (unpaired) electrons. The van der Waals surface area contributed by atoms with Crippen LogP contribution in [-0.4, -0.2) is 38.6 Å². The Morgan fingerprint density at radius 1 is 1.03 bits per heavy atom. The molecule has 0 aliphatic carbocycles. The molecule has 0 bridgehead atoms. The molecule has 0 spiro atoms. The predicted octanol–water partition coefficient (Wildman–Crippen LogP) is 4.48. The van der Waals surface area contributed by atoms with Crippen LogP contribution in [-0.2, 0) is 11.2 Å². The van der Waals surface area contributed by atoms with Gasteiger partial charge in [0.2, 0.25) is 0 Å². The fourth-order valence-electron chi connectivity index (χ4n) is 3.62. The molecule has 5 nitrogen and oxygen atoms in total. The molecule has 1 aliphatic rings. The second-order valence-corrected chi connectivity index (χ2v) is 7.69. The van der Waals surface area contributed by atoms with Crippen molar-refractivity contribution in [2.24, 2.45) is 0 Å². The summed E-state index contributed by atoms with van der Waals surface area (Å²) in [5.41, 5.74) is 3.13. The van der Waals surface area contributed by atoms with Crippen LogP contribution in [0.25, 0.3) is 0 Å². The highest BCUT2D eigenvalue weighted by Gasteiger charge is 2.18. The van der Waals surface area contributed by atoms with Gasteiger partial charge in [-0.2, -0.15) is 0 Å². The minimum atomic E-state index is -0.355. The maximum absolute atomic E-state index is 12.9. The van der Waals surface area contributed by atoms with Crippen LogP contribution in [0.15, 0.2) is 42.5 Å². The number of benzene rings is 2. The Labute approximate surface area is 177 Å². The standard InChI is InChI=1S/C23H27ClN2O3/c1-29-23(28)18-8-6-17(7-9-18)12-13-25-22(27)20-16-19(24)10-11-21(20)26-14-4-2-3-5-15-26/h6-11,16H,2-5,12-15H2,1H3,(H,25,27). The van der Waals surface area contributed by atoms with Gasteiger partial charge in [-0.05, 0) is 55.2 Å². The molecular formula is C23H27ClN2O3. The minimum Gasteiger partial charge on any atom is -0.465 e. The summed E-state index contributed by atoms with van der Waals surface area (Å²) in [5, 5.41) is 3.56. The van der Waals surface area contributed by atoms with Gasteiger partial charge in [0.25, 0.3) is 5.91 Å². The zero-order chi connectivity index (χ0) is 20.6. The number of hydrogen-bond acceptors (Lipinski definition) is 4. The van der Waals surface area contributed by atoms with Crippen LogP contribution in [0.2, 0.25) is 5.02 Å². The van der Waals surface area contributed by atoms with E-state index < -0.39 is 0 Å². The van der Waals surface area contributed by atoms with Crippen molar-refractivity contribution in [3.05, 3.63) is 64.2 Å². The zero-order valence-corrected chi connectivity index (χ0v) is 17.5. The quantitative estimate of drug-likeness (QED) is 0.708. The van der Waals surface area contributed by atoms with Gasteiger partial charge in [-0.1, -0.05) is 36.6 Å². The summed E-state index contributed by atoms with van der Waals surface area (Å²) < 4.78 is 4.71. The van der Waals surface area contributed by atoms with Gasteiger partial charge in [-0.3, -0.25) is 4.79 Å². The van der Waals surface area contributed by atoms with Crippen LogP contribution >= 0.6 is 11.6 Å². The Hall–Kier alpha value is -2.53. The van der Waals surface area contributed by atoms with Crippen molar-refractivity contribution in [2.45, 2.75) is 32.1 Å². The average Bonchev–Trinajstić information content (AvgIpc) is 3.03. The maximum atomic E-state index is 12.9. The van der Waals surface area contributed by atoms with E-state index >= 15 is 0 Å². The van der Waals surface area contributed by atoms with E-state index in [-0.39, 0.29) is 11.9 Å². The van der Waals surface area contributed by atoms with Gasteiger partial charge in [0.15, 0.2) is 0 Å². The predicted molar refractivity (Wildman–Crippen MR) is 116 cm³/mol. The number of methoxy groups -OCH3 is 1. The third-order valence-electron chi connectivity index (χ3n) is 5.22. The van der Waals surface area contributed by atoms with Crippen LogP contribution in [0.3, 0.4) is 0 Å². The molecule has 1 heterocycles. The monoisotopic (exact) mass is 414 g/mol. The lowest BCUT2D eigenvalue weighted by Gasteiger charge is -2.25. The molecular weight excluding hydrogens is 388 g/mol. The molecule has 1 aliphatic heterocycles. The average molecular weight is 415 g/mol. The lowest BCUT2D eigenvalue weighted by atomic mass is 10.1. The van der Waals surface area contributed by atoms with Gasteiger partial charge < -0.3 is 15.0 Å². The third kappa shape index (κ3) is 5.73. The highest BCUT2D eigenvalue weighted by molar-refractivity contribution is 6.31. The summed E-state index contributed by atoms with van der Waals surface area (Å²) in [5.74, 6) is -0.468. The zero-order valence-electron chi connectivity index (χ0n) is 16.7. The summed E-state index contributed by atoms with van der Waals surface area (Å²) in [6.45, 7) is 2.44. The smallest absolute Gasteiger partial charge is 0.337 e. The summed E-state index contributed by atoms with van der Waals surface area (Å²) in [6, 6.07) is 12.8. The molecule has 154 valence electrons. The third-order valence-corrected chi connectivity index (χ3v) is 5.46. The van der Waals surface area contributed by atoms with Crippen molar-refractivity contribution >= 4 is 29.2 Å². The van der Waals surface area contributed by atoms with Crippen molar-refractivity contribution < 1.29 is 14.3 Å². The highest BCUT2D eigenvalue weighted by atomic mass is 35.5. The first-order chi connectivity index (χ1) is 14.1. The number of nitrogens with one attached hydrogen (secondary N) is 1. The van der Waals surface area contributed by atoms with E-state index in [1.165, 1.54) is 20.0 Å². The van der Waals surface area contributed by atoms with Crippen molar-refractivity contribution in [3.63, 3.8) is 0 Å². The van der Waals surface area contributed by atoms with Crippen molar-refractivity contribution in [2.75, 3.05) is 31.6 Å². The van der Waals surface area contributed by atoms with E-state index in [1.807, 2.05) is 24.3 Å². The van der Waals surface area contributed by atoms with Crippen molar-refractivity contribution in [3.8, 4) is 0 Å². The summed E-state index contributed by atoms with van der Waals surface area (Å²) in [7, 11) is 1.36. The van der Waals surface area contributed by atoms with E-state index in [2.05, 4.69) is 10.2 Å². The molecule has 6 heteroatoms. The van der Waals surface area contributed by atoms with E-state index in [1.54, 1.807) is 18.2 Å². The number of amides is 1. The van der Waals surface area contributed by atoms with Crippen LogP contribution in [0.1, 0.15) is 52.0 Å². The molecule has 2 aromatic rings. The molecule has 0 atom stereocenters. The Morgan fingerprint density at radius 2 is 1.72 bits per heavy atom. The second-order valence-electron chi connectivity index (χ2n) is 7.26. The van der Waals surface area contributed by atoms with E-state index in [0.717, 1.165) is 37.2 Å². The lowest BCUT2D eigenvalue weighted by Crippen LogP contribution is -2.30. The van der Waals surface area contributed by atoms with Gasteiger partial charge in [0.05, 0.1) is 18.2 Å². The number of carbonyl (C=O) groups is 2. The van der Waals surface area contributed by atoms with Crippen LogP contribution in [0.4, 0.5) is 5.69 Å². The van der Waals surface area contributed by atoms with Gasteiger partial charge in [0, 0.05) is 30.3 Å². The van der Waals surface area contributed by atoms with Crippen LogP contribution < -0.4 is 10.2 Å². The largest absolute Gasteiger partial charge is 0.465 e. The molecule has 1 N–H and O–H groups in total. The molecule has 0 unspecified atom stereocenters. The normalized spacial score (nSPS) is 14.2. The number of esters is 1. The molecule has 1 saturated heterocycles. The maximum Gasteiger partial charge on any atom is 0.337 e. The van der Waals surface area contributed by atoms with Gasteiger partial charge in [0.1, 0.15) is 0 Å². The molecule has 2 aromatic carbocycles. The number of carbonyl (C=O) groups excluding carboxylic acids is 2. The number of ether oxygens (including phenoxy) is 1. The number of halogens is 1. The minimum absolute atomic E-state index is 0.113. The fraction of sp³-hybridized carbons (Fsp3) is 0.391. The molecule has 29 heavy (non-hydrogen) atoms. The highest BCUT2D eigenvalue weighted by Crippen LogP contribution is 2.27. The summed E-state index contributed by atoms with van der Waals surface area (Å²) in [6.07, 6.45) is 5.43. The number of rotatable bonds is 6. The Bertz CT molecular complexity index is 844.